The van der Waals surface area contributed by atoms with Gasteiger partial charge in [-0.1, -0.05) is 30.3 Å². The molecule has 30 heavy (non-hydrogen) atoms. The van der Waals surface area contributed by atoms with E-state index in [1.807, 2.05) is 52.3 Å². The van der Waals surface area contributed by atoms with Gasteiger partial charge in [-0.2, -0.15) is 0 Å². The van der Waals surface area contributed by atoms with Gasteiger partial charge in [-0.15, -0.1) is 11.8 Å². The van der Waals surface area contributed by atoms with Crippen molar-refractivity contribution in [1.29, 1.82) is 0 Å². The molecule has 2 aliphatic heterocycles. The minimum Gasteiger partial charge on any atom is -0.378 e. The Morgan fingerprint density at radius 1 is 0.867 bits per heavy atom. The van der Waals surface area contributed by atoms with Crippen LogP contribution in [-0.2, 0) is 15.3 Å². The van der Waals surface area contributed by atoms with Crippen LogP contribution in [0.4, 0.5) is 0 Å². The van der Waals surface area contributed by atoms with Gasteiger partial charge < -0.3 is 14.5 Å². The number of carbonyl (C=O) groups is 2. The number of morpholine rings is 1. The number of benzene rings is 2. The van der Waals surface area contributed by atoms with Crippen molar-refractivity contribution in [2.75, 3.05) is 39.4 Å². The summed E-state index contributed by atoms with van der Waals surface area (Å²) < 4.78 is 5.33. The van der Waals surface area contributed by atoms with Crippen molar-refractivity contribution in [2.24, 2.45) is 5.92 Å². The van der Waals surface area contributed by atoms with E-state index < -0.39 is 0 Å². The first-order chi connectivity index (χ1) is 14.7. The number of piperidine rings is 1. The Bertz CT molecular complexity index is 843. The molecule has 0 aliphatic carbocycles. The summed E-state index contributed by atoms with van der Waals surface area (Å²) in [5.41, 5.74) is 1.93. The van der Waals surface area contributed by atoms with Gasteiger partial charge in [0.2, 0.25) is 5.91 Å². The Morgan fingerprint density at radius 2 is 1.53 bits per heavy atom. The predicted octanol–water partition coefficient (Wildman–Crippen LogP) is 3.69. The third-order valence-corrected chi connectivity index (χ3v) is 6.89. The van der Waals surface area contributed by atoms with Crippen molar-refractivity contribution in [3.63, 3.8) is 0 Å². The highest BCUT2D eigenvalue weighted by molar-refractivity contribution is 7.98. The SMILES string of the molecule is O=C(c1ccc(CSc2ccccc2)cc1)N1CCC(C(=O)N2CCOCC2)CC1. The van der Waals surface area contributed by atoms with E-state index in [2.05, 4.69) is 12.1 Å². The number of thioether (sulfide) groups is 1. The molecule has 5 nitrogen and oxygen atoms in total. The zero-order valence-electron chi connectivity index (χ0n) is 17.2. The maximum absolute atomic E-state index is 12.9. The standard InChI is InChI=1S/C24H28N2O3S/c27-23(20-8-6-19(7-9-20)18-30-22-4-2-1-3-5-22)25-12-10-21(11-13-25)24(28)26-14-16-29-17-15-26/h1-9,21H,10-18H2. The van der Waals surface area contributed by atoms with Crippen molar-refractivity contribution in [3.05, 3.63) is 65.7 Å². The van der Waals surface area contributed by atoms with Gasteiger partial charge in [0, 0.05) is 48.3 Å². The van der Waals surface area contributed by atoms with Gasteiger partial charge in [0.25, 0.3) is 5.91 Å². The quantitative estimate of drug-likeness (QED) is 0.687. The molecule has 2 saturated heterocycles. The summed E-state index contributed by atoms with van der Waals surface area (Å²) in [5, 5.41) is 0. The number of carbonyl (C=O) groups excluding carboxylic acids is 2. The third-order valence-electron chi connectivity index (χ3n) is 5.80. The number of ether oxygens (including phenoxy) is 1. The Hall–Kier alpha value is -2.31. The molecule has 0 radical (unpaired) electrons. The lowest BCUT2D eigenvalue weighted by atomic mass is 9.94. The summed E-state index contributed by atoms with van der Waals surface area (Å²) in [7, 11) is 0. The lowest BCUT2D eigenvalue weighted by Gasteiger charge is -2.35. The molecule has 0 saturated carbocycles. The minimum atomic E-state index is 0.0320. The van der Waals surface area contributed by atoms with Gasteiger partial charge in [0.1, 0.15) is 0 Å². The van der Waals surface area contributed by atoms with Crippen LogP contribution < -0.4 is 0 Å². The molecule has 6 heteroatoms. The highest BCUT2D eigenvalue weighted by Gasteiger charge is 2.31. The molecule has 0 atom stereocenters. The molecule has 2 fully saturated rings. The van der Waals surface area contributed by atoms with Crippen LogP contribution in [-0.4, -0.2) is 61.0 Å². The van der Waals surface area contributed by atoms with Gasteiger partial charge in [0.15, 0.2) is 0 Å². The highest BCUT2D eigenvalue weighted by Crippen LogP contribution is 2.24. The monoisotopic (exact) mass is 424 g/mol. The summed E-state index contributed by atoms with van der Waals surface area (Å²) in [6, 6.07) is 18.2. The van der Waals surface area contributed by atoms with Gasteiger partial charge in [-0.05, 0) is 42.7 Å². The largest absolute Gasteiger partial charge is 0.378 e. The van der Waals surface area contributed by atoms with Crippen molar-refractivity contribution >= 4 is 23.6 Å². The van der Waals surface area contributed by atoms with E-state index in [0.717, 1.165) is 24.2 Å². The van der Waals surface area contributed by atoms with E-state index in [0.29, 0.717) is 39.4 Å². The van der Waals surface area contributed by atoms with Crippen LogP contribution in [0.3, 0.4) is 0 Å². The van der Waals surface area contributed by atoms with Crippen molar-refractivity contribution in [1.82, 2.24) is 9.80 Å². The second-order valence-corrected chi connectivity index (χ2v) is 8.85. The summed E-state index contributed by atoms with van der Waals surface area (Å²) in [6.07, 6.45) is 1.49. The summed E-state index contributed by atoms with van der Waals surface area (Å²) in [4.78, 5) is 30.6. The lowest BCUT2D eigenvalue weighted by molar-refractivity contribution is -0.141. The highest BCUT2D eigenvalue weighted by atomic mass is 32.2. The second kappa shape index (κ2) is 10.1. The van der Waals surface area contributed by atoms with Crippen LogP contribution in [0.2, 0.25) is 0 Å². The molecule has 0 N–H and O–H groups in total. The Morgan fingerprint density at radius 3 is 2.20 bits per heavy atom. The van der Waals surface area contributed by atoms with E-state index in [9.17, 15) is 9.59 Å². The zero-order valence-corrected chi connectivity index (χ0v) is 18.0. The first-order valence-corrected chi connectivity index (χ1v) is 11.6. The van der Waals surface area contributed by atoms with Crippen LogP contribution in [0, 0.1) is 5.92 Å². The van der Waals surface area contributed by atoms with Gasteiger partial charge in [0.05, 0.1) is 13.2 Å². The molecule has 0 unspecified atom stereocenters. The Labute approximate surface area is 182 Å². The molecule has 2 aliphatic rings. The van der Waals surface area contributed by atoms with E-state index in [4.69, 9.17) is 4.74 Å². The fourth-order valence-electron chi connectivity index (χ4n) is 3.98. The summed E-state index contributed by atoms with van der Waals surface area (Å²) >= 11 is 1.79. The van der Waals surface area contributed by atoms with E-state index in [-0.39, 0.29) is 17.7 Å². The molecule has 2 aromatic carbocycles. The summed E-state index contributed by atoms with van der Waals surface area (Å²) in [5.74, 6) is 1.21. The number of amides is 2. The first-order valence-electron chi connectivity index (χ1n) is 10.6. The van der Waals surface area contributed by atoms with Crippen molar-refractivity contribution < 1.29 is 14.3 Å². The predicted molar refractivity (Wildman–Crippen MR) is 118 cm³/mol. The molecule has 0 aromatic heterocycles. The number of likely N-dealkylation sites (tertiary alicyclic amines) is 1. The van der Waals surface area contributed by atoms with Crippen molar-refractivity contribution in [3.8, 4) is 0 Å². The smallest absolute Gasteiger partial charge is 0.253 e. The van der Waals surface area contributed by atoms with Gasteiger partial charge in [-0.25, -0.2) is 0 Å². The third kappa shape index (κ3) is 5.24. The minimum absolute atomic E-state index is 0.0320. The Balaban J connectivity index is 1.27. The molecular formula is C24H28N2O3S. The number of nitrogens with zero attached hydrogens (tertiary/aromatic N) is 2. The van der Waals surface area contributed by atoms with Crippen LogP contribution in [0.25, 0.3) is 0 Å². The summed E-state index contributed by atoms with van der Waals surface area (Å²) in [6.45, 7) is 3.92. The van der Waals surface area contributed by atoms with E-state index in [1.54, 1.807) is 11.8 Å². The van der Waals surface area contributed by atoms with Crippen LogP contribution in [0.15, 0.2) is 59.5 Å². The molecule has 4 rings (SSSR count). The van der Waals surface area contributed by atoms with E-state index >= 15 is 0 Å². The Kier molecular flexibility index (Phi) is 7.07. The average Bonchev–Trinajstić information content (AvgIpc) is 2.83. The van der Waals surface area contributed by atoms with Gasteiger partial charge in [-0.3, -0.25) is 9.59 Å². The number of hydrogen-bond donors (Lipinski definition) is 0. The molecule has 2 amide bonds. The number of hydrogen-bond acceptors (Lipinski definition) is 4. The normalized spacial score (nSPS) is 17.7. The maximum atomic E-state index is 12.9. The molecular weight excluding hydrogens is 396 g/mol. The van der Waals surface area contributed by atoms with Crippen molar-refractivity contribution in [2.45, 2.75) is 23.5 Å². The topological polar surface area (TPSA) is 49.9 Å². The molecule has 2 heterocycles. The number of rotatable bonds is 5. The average molecular weight is 425 g/mol. The zero-order chi connectivity index (χ0) is 20.8. The maximum Gasteiger partial charge on any atom is 0.253 e. The second-order valence-electron chi connectivity index (χ2n) is 7.80. The fourth-order valence-corrected chi connectivity index (χ4v) is 4.86. The van der Waals surface area contributed by atoms with Crippen LogP contribution in [0.1, 0.15) is 28.8 Å². The van der Waals surface area contributed by atoms with Gasteiger partial charge >= 0.3 is 0 Å². The molecule has 158 valence electrons. The van der Waals surface area contributed by atoms with Crippen LogP contribution >= 0.6 is 11.8 Å². The first kappa shape index (κ1) is 20.9. The lowest BCUT2D eigenvalue weighted by Crippen LogP contribution is -2.47. The molecule has 0 bridgehead atoms. The van der Waals surface area contributed by atoms with Crippen LogP contribution in [0.5, 0.6) is 0 Å². The fraction of sp³-hybridized carbons (Fsp3) is 0.417. The molecule has 2 aromatic rings. The van der Waals surface area contributed by atoms with E-state index in [1.165, 1.54) is 10.5 Å². The molecule has 0 spiro atoms.